The molecule has 2 aromatic rings. The van der Waals surface area contributed by atoms with Crippen molar-refractivity contribution in [2.75, 3.05) is 0 Å². The van der Waals surface area contributed by atoms with Crippen molar-refractivity contribution in [2.45, 2.75) is 19.8 Å². The van der Waals surface area contributed by atoms with Gasteiger partial charge in [0.2, 0.25) is 0 Å². The van der Waals surface area contributed by atoms with Gasteiger partial charge in [-0.3, -0.25) is 10.1 Å². The Morgan fingerprint density at radius 3 is 2.60 bits per heavy atom. The van der Waals surface area contributed by atoms with E-state index in [-0.39, 0.29) is 11.5 Å². The summed E-state index contributed by atoms with van der Waals surface area (Å²) in [5, 5.41) is 24.2. The summed E-state index contributed by atoms with van der Waals surface area (Å²) in [4.78, 5) is 21.2. The van der Waals surface area contributed by atoms with Gasteiger partial charge >= 0.3 is 5.97 Å². The molecule has 0 aliphatic heterocycles. The van der Waals surface area contributed by atoms with Crippen LogP contribution in [0.2, 0.25) is 0 Å². The van der Waals surface area contributed by atoms with E-state index in [1.165, 1.54) is 22.9 Å². The molecule has 1 aromatic carbocycles. The van der Waals surface area contributed by atoms with Gasteiger partial charge in [0.15, 0.2) is 0 Å². The van der Waals surface area contributed by atoms with E-state index < -0.39 is 16.6 Å². The zero-order valence-electron chi connectivity index (χ0n) is 11.0. The average Bonchev–Trinajstić information content (AvgIpc) is 2.87. The number of aromatic nitrogens is 2. The summed E-state index contributed by atoms with van der Waals surface area (Å²) < 4.78 is 1.49. The smallest absolute Gasteiger partial charge is 0.342 e. The van der Waals surface area contributed by atoms with E-state index in [0.29, 0.717) is 5.69 Å². The van der Waals surface area contributed by atoms with Gasteiger partial charge in [-0.2, -0.15) is 5.10 Å². The fraction of sp³-hybridized carbons (Fsp3) is 0.231. The molecule has 0 aliphatic carbocycles. The van der Waals surface area contributed by atoms with E-state index in [1.54, 1.807) is 6.20 Å². The number of hydrogen-bond acceptors (Lipinski definition) is 4. The molecule has 0 unspecified atom stereocenters. The molecule has 7 heteroatoms. The van der Waals surface area contributed by atoms with Crippen LogP contribution in [0.4, 0.5) is 5.69 Å². The van der Waals surface area contributed by atoms with Gasteiger partial charge in [-0.25, -0.2) is 9.48 Å². The van der Waals surface area contributed by atoms with Crippen LogP contribution in [-0.2, 0) is 0 Å². The van der Waals surface area contributed by atoms with Crippen molar-refractivity contribution in [1.82, 2.24) is 9.78 Å². The third-order valence-corrected chi connectivity index (χ3v) is 2.87. The van der Waals surface area contributed by atoms with Crippen LogP contribution in [0.3, 0.4) is 0 Å². The second-order valence-corrected chi connectivity index (χ2v) is 4.60. The SMILES string of the molecule is CC(C)c1ccn(-c2ccc(C(=O)O)c([N+](=O)[O-])c2)n1. The van der Waals surface area contributed by atoms with Crippen LogP contribution in [-0.4, -0.2) is 25.8 Å². The lowest BCUT2D eigenvalue weighted by Crippen LogP contribution is -2.05. The molecular weight excluding hydrogens is 262 g/mol. The molecule has 0 aliphatic rings. The normalized spacial score (nSPS) is 10.8. The fourth-order valence-corrected chi connectivity index (χ4v) is 1.78. The van der Waals surface area contributed by atoms with Gasteiger partial charge in [0.1, 0.15) is 5.56 Å². The first-order valence-corrected chi connectivity index (χ1v) is 5.98. The second kappa shape index (κ2) is 5.12. The Kier molecular flexibility index (Phi) is 3.51. The van der Waals surface area contributed by atoms with Crippen molar-refractivity contribution in [2.24, 2.45) is 0 Å². The number of hydrogen-bond donors (Lipinski definition) is 1. The maximum absolute atomic E-state index is 10.9. The summed E-state index contributed by atoms with van der Waals surface area (Å²) in [5.74, 6) is -1.09. The minimum absolute atomic E-state index is 0.240. The van der Waals surface area contributed by atoms with Gasteiger partial charge in [0.05, 0.1) is 16.3 Å². The van der Waals surface area contributed by atoms with Crippen molar-refractivity contribution in [3.63, 3.8) is 0 Å². The highest BCUT2D eigenvalue weighted by Crippen LogP contribution is 2.23. The number of benzene rings is 1. The molecule has 1 N–H and O–H groups in total. The molecule has 0 radical (unpaired) electrons. The predicted molar refractivity (Wildman–Crippen MR) is 71.3 cm³/mol. The number of carbonyl (C=O) groups is 1. The average molecular weight is 275 g/mol. The van der Waals surface area contributed by atoms with E-state index in [2.05, 4.69) is 5.10 Å². The molecule has 1 heterocycles. The number of aromatic carboxylic acids is 1. The van der Waals surface area contributed by atoms with Gasteiger partial charge < -0.3 is 5.11 Å². The maximum Gasteiger partial charge on any atom is 0.342 e. The van der Waals surface area contributed by atoms with Gasteiger partial charge in [-0.15, -0.1) is 0 Å². The summed E-state index contributed by atoms with van der Waals surface area (Å²) >= 11 is 0. The number of nitro groups is 1. The summed E-state index contributed by atoms with van der Waals surface area (Å²) in [5.41, 5.74) is 0.523. The molecule has 7 nitrogen and oxygen atoms in total. The monoisotopic (exact) mass is 275 g/mol. The van der Waals surface area contributed by atoms with Crippen LogP contribution in [0.15, 0.2) is 30.5 Å². The number of carboxylic acid groups (broad SMARTS) is 1. The highest BCUT2D eigenvalue weighted by atomic mass is 16.6. The van der Waals surface area contributed by atoms with Crippen LogP contribution < -0.4 is 0 Å². The molecule has 2 rings (SSSR count). The highest BCUT2D eigenvalue weighted by molar-refractivity contribution is 5.92. The third-order valence-electron chi connectivity index (χ3n) is 2.87. The quantitative estimate of drug-likeness (QED) is 0.683. The molecule has 104 valence electrons. The topological polar surface area (TPSA) is 98.3 Å². The molecule has 0 atom stereocenters. The number of nitrogens with zero attached hydrogens (tertiary/aromatic N) is 3. The summed E-state index contributed by atoms with van der Waals surface area (Å²) in [7, 11) is 0. The van der Waals surface area contributed by atoms with E-state index in [9.17, 15) is 14.9 Å². The second-order valence-electron chi connectivity index (χ2n) is 4.60. The Hall–Kier alpha value is -2.70. The molecule has 0 fully saturated rings. The van der Waals surface area contributed by atoms with Crippen molar-refractivity contribution >= 4 is 11.7 Å². The molecule has 0 saturated heterocycles. The molecule has 0 bridgehead atoms. The lowest BCUT2D eigenvalue weighted by Gasteiger charge is -2.04. The molecular formula is C13H13N3O4. The van der Waals surface area contributed by atoms with Crippen LogP contribution in [0.5, 0.6) is 0 Å². The van der Waals surface area contributed by atoms with Crippen LogP contribution >= 0.6 is 0 Å². The largest absolute Gasteiger partial charge is 0.477 e. The zero-order chi connectivity index (χ0) is 14.9. The minimum Gasteiger partial charge on any atom is -0.477 e. The lowest BCUT2D eigenvalue weighted by atomic mass is 10.1. The van der Waals surface area contributed by atoms with Crippen LogP contribution in [0.1, 0.15) is 35.8 Å². The molecule has 0 saturated carbocycles. The third kappa shape index (κ3) is 2.51. The van der Waals surface area contributed by atoms with Crippen molar-refractivity contribution in [3.8, 4) is 5.69 Å². The first kappa shape index (κ1) is 13.7. The lowest BCUT2D eigenvalue weighted by molar-refractivity contribution is -0.385. The highest BCUT2D eigenvalue weighted by Gasteiger charge is 2.20. The van der Waals surface area contributed by atoms with Crippen molar-refractivity contribution < 1.29 is 14.8 Å². The van der Waals surface area contributed by atoms with Crippen molar-refractivity contribution in [3.05, 3.63) is 51.8 Å². The number of rotatable bonds is 4. The summed E-state index contributed by atoms with van der Waals surface area (Å²) in [6.45, 7) is 3.98. The van der Waals surface area contributed by atoms with Crippen LogP contribution in [0, 0.1) is 10.1 Å². The molecule has 20 heavy (non-hydrogen) atoms. The fourth-order valence-electron chi connectivity index (χ4n) is 1.78. The maximum atomic E-state index is 10.9. The van der Waals surface area contributed by atoms with Gasteiger partial charge in [-0.05, 0) is 24.1 Å². The Morgan fingerprint density at radius 1 is 1.40 bits per heavy atom. The van der Waals surface area contributed by atoms with Gasteiger partial charge in [0, 0.05) is 12.3 Å². The minimum atomic E-state index is -1.33. The molecule has 0 amide bonds. The Bertz CT molecular complexity index is 676. The number of carboxylic acids is 1. The van der Waals surface area contributed by atoms with E-state index in [4.69, 9.17) is 5.11 Å². The Labute approximate surface area is 114 Å². The van der Waals surface area contributed by atoms with Gasteiger partial charge in [-0.1, -0.05) is 13.8 Å². The first-order valence-electron chi connectivity index (χ1n) is 5.98. The van der Waals surface area contributed by atoms with Crippen molar-refractivity contribution in [1.29, 1.82) is 0 Å². The summed E-state index contributed by atoms with van der Waals surface area (Å²) in [6.07, 6.45) is 1.69. The van der Waals surface area contributed by atoms with E-state index in [1.807, 2.05) is 19.9 Å². The summed E-state index contributed by atoms with van der Waals surface area (Å²) in [6, 6.07) is 5.74. The Balaban J connectivity index is 2.50. The van der Waals surface area contributed by atoms with Crippen LogP contribution in [0.25, 0.3) is 5.69 Å². The standard InChI is InChI=1S/C13H13N3O4/c1-8(2)11-5-6-15(14-11)9-3-4-10(13(17)18)12(7-9)16(19)20/h3-8H,1-2H3,(H,17,18). The number of nitro benzene ring substituents is 1. The Morgan fingerprint density at radius 2 is 2.10 bits per heavy atom. The predicted octanol–water partition coefficient (Wildman–Crippen LogP) is 2.60. The van der Waals surface area contributed by atoms with Gasteiger partial charge in [0.25, 0.3) is 5.69 Å². The zero-order valence-corrected chi connectivity index (χ0v) is 11.0. The molecule has 1 aromatic heterocycles. The first-order chi connectivity index (χ1) is 9.40. The molecule has 0 spiro atoms. The van der Waals surface area contributed by atoms with E-state index >= 15 is 0 Å². The van der Waals surface area contributed by atoms with E-state index in [0.717, 1.165) is 5.69 Å².